The average Bonchev–Trinajstić information content (AvgIpc) is 3.13. The van der Waals surface area contributed by atoms with Gasteiger partial charge in [0.2, 0.25) is 0 Å². The maximum Gasteiger partial charge on any atom is 0.341 e. The van der Waals surface area contributed by atoms with Gasteiger partial charge < -0.3 is 9.84 Å². The number of nitrogens with one attached hydrogen (secondary N) is 1. The van der Waals surface area contributed by atoms with Crippen molar-refractivity contribution in [3.8, 4) is 5.75 Å². The lowest BCUT2D eigenvalue weighted by Gasteiger charge is -2.21. The Morgan fingerprint density at radius 1 is 1.18 bits per heavy atom. The molecule has 0 aromatic heterocycles. The van der Waals surface area contributed by atoms with Crippen LogP contribution < -0.4 is 10.2 Å². The van der Waals surface area contributed by atoms with Crippen LogP contribution in [0.4, 0.5) is 0 Å². The van der Waals surface area contributed by atoms with Crippen LogP contribution in [-0.2, 0) is 16.1 Å². The van der Waals surface area contributed by atoms with Crippen LogP contribution in [0.3, 0.4) is 0 Å². The van der Waals surface area contributed by atoms with Gasteiger partial charge in [-0.25, -0.2) is 4.79 Å². The van der Waals surface area contributed by atoms with Crippen molar-refractivity contribution in [2.45, 2.75) is 32.3 Å². The summed E-state index contributed by atoms with van der Waals surface area (Å²) >= 11 is 0. The van der Waals surface area contributed by atoms with Crippen LogP contribution in [-0.4, -0.2) is 23.9 Å². The molecule has 2 N–H and O–H groups in total. The van der Waals surface area contributed by atoms with Gasteiger partial charge in [-0.15, -0.1) is 0 Å². The molecule has 1 aliphatic carbocycles. The van der Waals surface area contributed by atoms with E-state index in [1.807, 2.05) is 55.6 Å². The molecule has 4 rings (SSSR count). The highest BCUT2D eigenvalue weighted by Gasteiger charge is 2.18. The first-order valence-electron chi connectivity index (χ1n) is 11.3. The number of carbonyl (C=O) groups is 1. The smallest absolute Gasteiger partial charge is 0.341 e. The lowest BCUT2D eigenvalue weighted by molar-refractivity contribution is -0.139. The van der Waals surface area contributed by atoms with Gasteiger partial charge in [-0.3, -0.25) is 15.3 Å². The molecule has 0 spiro atoms. The fourth-order valence-corrected chi connectivity index (χ4v) is 4.03. The second-order valence-electron chi connectivity index (χ2n) is 8.15. The number of rotatable bonds is 9. The van der Waals surface area contributed by atoms with Gasteiger partial charge in [0.15, 0.2) is 6.61 Å². The van der Waals surface area contributed by atoms with Crippen LogP contribution in [0.5, 0.6) is 5.75 Å². The Balaban J connectivity index is 1.48. The van der Waals surface area contributed by atoms with Crippen molar-refractivity contribution in [1.82, 2.24) is 5.48 Å². The maximum absolute atomic E-state index is 10.9. The van der Waals surface area contributed by atoms with Gasteiger partial charge >= 0.3 is 5.97 Å². The van der Waals surface area contributed by atoms with Crippen LogP contribution in [0.25, 0.3) is 6.08 Å². The van der Waals surface area contributed by atoms with Crippen molar-refractivity contribution in [2.24, 2.45) is 4.99 Å². The van der Waals surface area contributed by atoms with Crippen LogP contribution in [0.15, 0.2) is 94.8 Å². The summed E-state index contributed by atoms with van der Waals surface area (Å²) in [4.78, 5) is 21.3. The molecule has 0 saturated carbocycles. The minimum atomic E-state index is -0.981. The molecular weight excluding hydrogens is 428 g/mol. The van der Waals surface area contributed by atoms with Gasteiger partial charge in [-0.2, -0.15) is 0 Å². The average molecular weight is 457 g/mol. The van der Waals surface area contributed by atoms with Crippen molar-refractivity contribution in [2.75, 3.05) is 6.61 Å². The molecule has 0 radical (unpaired) electrons. The van der Waals surface area contributed by atoms with Crippen molar-refractivity contribution in [3.05, 3.63) is 106 Å². The number of aliphatic imine (C=N–C) groups is 1. The predicted octanol–water partition coefficient (Wildman–Crippen LogP) is 5.56. The summed E-state index contributed by atoms with van der Waals surface area (Å²) in [5.74, 6) is -0.345. The molecule has 6 nitrogen and oxygen atoms in total. The summed E-state index contributed by atoms with van der Waals surface area (Å²) in [5, 5.41) is 8.90. The summed E-state index contributed by atoms with van der Waals surface area (Å²) in [6.07, 6.45) is 14.1. The van der Waals surface area contributed by atoms with Gasteiger partial charge in [-0.05, 0) is 60.3 Å². The number of hydrogen-bond acceptors (Lipinski definition) is 5. The molecule has 34 heavy (non-hydrogen) atoms. The molecule has 0 saturated heterocycles. The first kappa shape index (κ1) is 23.3. The topological polar surface area (TPSA) is 80.2 Å². The van der Waals surface area contributed by atoms with E-state index in [4.69, 9.17) is 14.7 Å². The summed E-state index contributed by atoms with van der Waals surface area (Å²) < 4.78 is 5.46. The minimum absolute atomic E-state index is 0.266. The Morgan fingerprint density at radius 3 is 2.85 bits per heavy atom. The zero-order valence-electron chi connectivity index (χ0n) is 19.1. The molecule has 0 bridgehead atoms. The molecule has 1 aliphatic heterocycles. The van der Waals surface area contributed by atoms with E-state index in [0.717, 1.165) is 52.8 Å². The van der Waals surface area contributed by atoms with Crippen molar-refractivity contribution < 1.29 is 19.5 Å². The molecule has 2 aliphatic rings. The van der Waals surface area contributed by atoms with Gasteiger partial charge in [-0.1, -0.05) is 54.6 Å². The Hall–Kier alpha value is -3.90. The van der Waals surface area contributed by atoms with Crippen LogP contribution in [0.1, 0.15) is 42.6 Å². The number of carboxylic acids is 1. The molecule has 6 heteroatoms. The second-order valence-corrected chi connectivity index (χ2v) is 8.15. The van der Waals surface area contributed by atoms with Crippen molar-refractivity contribution in [3.63, 3.8) is 0 Å². The monoisotopic (exact) mass is 456 g/mol. The number of hydrogen-bond donors (Lipinski definition) is 2. The van der Waals surface area contributed by atoms with Crippen molar-refractivity contribution in [1.29, 1.82) is 0 Å². The van der Waals surface area contributed by atoms with Crippen LogP contribution in [0, 0.1) is 0 Å². The summed E-state index contributed by atoms with van der Waals surface area (Å²) in [5.41, 5.74) is 9.37. The number of carboxylic acid groups (broad SMARTS) is 1. The Kier molecular flexibility index (Phi) is 7.73. The Bertz CT molecular complexity index is 1180. The molecule has 1 atom stereocenters. The normalized spacial score (nSPS) is 16.1. The minimum Gasteiger partial charge on any atom is -0.482 e. The first-order valence-corrected chi connectivity index (χ1v) is 11.3. The quantitative estimate of drug-likeness (QED) is 0.483. The van der Waals surface area contributed by atoms with E-state index in [9.17, 15) is 4.79 Å². The number of ether oxygens (including phenoxy) is 1. The lowest BCUT2D eigenvalue weighted by Crippen LogP contribution is -2.18. The van der Waals surface area contributed by atoms with Crippen molar-refractivity contribution >= 4 is 18.3 Å². The highest BCUT2D eigenvalue weighted by molar-refractivity contribution is 5.69. The summed E-state index contributed by atoms with van der Waals surface area (Å²) in [6.45, 7) is 1.64. The van der Waals surface area contributed by atoms with Crippen LogP contribution in [0.2, 0.25) is 0 Å². The van der Waals surface area contributed by atoms with E-state index in [2.05, 4.69) is 40.8 Å². The highest BCUT2D eigenvalue weighted by atomic mass is 16.7. The maximum atomic E-state index is 10.9. The van der Waals surface area contributed by atoms with Gasteiger partial charge in [0.1, 0.15) is 11.9 Å². The molecule has 2 aromatic rings. The number of hydroxylamine groups is 1. The second kappa shape index (κ2) is 11.3. The number of allylic oxidation sites excluding steroid dienone is 4. The van der Waals surface area contributed by atoms with Gasteiger partial charge in [0.25, 0.3) is 0 Å². The molecule has 1 heterocycles. The zero-order chi connectivity index (χ0) is 23.8. The largest absolute Gasteiger partial charge is 0.482 e. The zero-order valence-corrected chi connectivity index (χ0v) is 19.1. The fraction of sp³-hybridized carbons (Fsp3) is 0.214. The van der Waals surface area contributed by atoms with E-state index in [0.29, 0.717) is 5.75 Å². The third-order valence-corrected chi connectivity index (χ3v) is 5.59. The molecule has 2 aromatic carbocycles. The summed E-state index contributed by atoms with van der Waals surface area (Å²) in [6, 6.07) is 15.8. The molecule has 0 amide bonds. The lowest BCUT2D eigenvalue weighted by atomic mass is 9.91. The third kappa shape index (κ3) is 6.11. The third-order valence-electron chi connectivity index (χ3n) is 5.59. The number of nitrogens with zero attached hydrogens (tertiary/aromatic N) is 1. The van der Waals surface area contributed by atoms with E-state index in [1.54, 1.807) is 6.20 Å². The van der Waals surface area contributed by atoms with E-state index in [-0.39, 0.29) is 12.7 Å². The molecule has 174 valence electrons. The summed E-state index contributed by atoms with van der Waals surface area (Å²) in [7, 11) is 0. The Morgan fingerprint density at radius 2 is 2.03 bits per heavy atom. The van der Waals surface area contributed by atoms with Gasteiger partial charge in [0, 0.05) is 30.1 Å². The number of benzene rings is 2. The standard InChI is InChI=1S/C28H28N2O4/c1-20(17-21-12-13-25-24(18-21)9-5-11-26(25)33-19-27(31)32)30-34-28(22-7-3-2-4-8-22)23-10-6-15-29-16-14-23/h2-5,7-11,14-18,28,30H,6,12-13,19H2,1H3,(H,31,32). The first-order chi connectivity index (χ1) is 16.6. The molecular formula is C28H28N2O4. The molecule has 1 unspecified atom stereocenters. The van der Waals surface area contributed by atoms with E-state index < -0.39 is 5.97 Å². The molecule has 0 fully saturated rings. The van der Waals surface area contributed by atoms with Gasteiger partial charge in [0.05, 0.1) is 0 Å². The predicted molar refractivity (Wildman–Crippen MR) is 133 cm³/mol. The van der Waals surface area contributed by atoms with E-state index >= 15 is 0 Å². The number of fused-ring (bicyclic) bond motifs is 1. The van der Waals surface area contributed by atoms with E-state index in [1.165, 1.54) is 0 Å². The Labute approximate surface area is 199 Å². The van der Waals surface area contributed by atoms with Crippen LogP contribution >= 0.6 is 0 Å². The number of aliphatic carboxylic acids is 1. The fourth-order valence-electron chi connectivity index (χ4n) is 4.03. The highest BCUT2D eigenvalue weighted by Crippen LogP contribution is 2.32. The SMILES string of the molecule is CC(=CC1=Cc2cccc(OCC(=O)O)c2CC1)NOC(C1=CCC=NC=C1)c1ccccc1.